The van der Waals surface area contributed by atoms with E-state index in [1.807, 2.05) is 18.5 Å². The summed E-state index contributed by atoms with van der Waals surface area (Å²) in [6.07, 6.45) is 5.94. The zero-order chi connectivity index (χ0) is 11.8. The van der Waals surface area contributed by atoms with Crippen LogP contribution < -0.4 is 5.73 Å². The summed E-state index contributed by atoms with van der Waals surface area (Å²) in [5.74, 6) is 0.684. The summed E-state index contributed by atoms with van der Waals surface area (Å²) in [5, 5.41) is 0. The van der Waals surface area contributed by atoms with Crippen molar-refractivity contribution in [3.05, 3.63) is 30.1 Å². The second-order valence-electron chi connectivity index (χ2n) is 4.56. The first-order valence-electron chi connectivity index (χ1n) is 6.00. The van der Waals surface area contributed by atoms with Crippen LogP contribution in [0.15, 0.2) is 24.5 Å². The molecule has 0 spiro atoms. The van der Waals surface area contributed by atoms with Gasteiger partial charge in [0.25, 0.3) is 0 Å². The van der Waals surface area contributed by atoms with E-state index in [0.717, 1.165) is 32.5 Å². The minimum Gasteiger partial charge on any atom is -0.330 e. The van der Waals surface area contributed by atoms with Crippen LogP contribution in [0.2, 0.25) is 0 Å². The van der Waals surface area contributed by atoms with Gasteiger partial charge in [0.05, 0.1) is 0 Å². The second-order valence-corrected chi connectivity index (χ2v) is 4.56. The Balaban J connectivity index is 2.22. The molecule has 3 nitrogen and oxygen atoms in total. The van der Waals surface area contributed by atoms with Gasteiger partial charge in [-0.15, -0.1) is 0 Å². The lowest BCUT2D eigenvalue weighted by Gasteiger charge is -2.20. The summed E-state index contributed by atoms with van der Waals surface area (Å²) in [5.41, 5.74) is 6.85. The largest absolute Gasteiger partial charge is 0.330 e. The van der Waals surface area contributed by atoms with E-state index in [0.29, 0.717) is 5.92 Å². The van der Waals surface area contributed by atoms with E-state index >= 15 is 0 Å². The lowest BCUT2D eigenvalue weighted by Crippen LogP contribution is -2.27. The number of hydrogen-bond acceptors (Lipinski definition) is 3. The molecule has 0 saturated heterocycles. The van der Waals surface area contributed by atoms with Crippen LogP contribution in [-0.2, 0) is 6.42 Å². The Labute approximate surface area is 98.7 Å². The minimum absolute atomic E-state index is 0.684. The van der Waals surface area contributed by atoms with Crippen molar-refractivity contribution in [2.24, 2.45) is 11.7 Å². The number of likely N-dealkylation sites (N-methyl/N-ethyl adjacent to an activating group) is 1. The molecule has 0 fully saturated rings. The minimum atomic E-state index is 0.684. The summed E-state index contributed by atoms with van der Waals surface area (Å²) in [6.45, 7) is 5.25. The molecule has 0 aliphatic rings. The fourth-order valence-corrected chi connectivity index (χ4v) is 1.87. The van der Waals surface area contributed by atoms with Gasteiger partial charge < -0.3 is 10.6 Å². The molecule has 2 N–H and O–H groups in total. The number of rotatable bonds is 7. The predicted octanol–water partition coefficient (Wildman–Crippen LogP) is 1.54. The van der Waals surface area contributed by atoms with E-state index in [9.17, 15) is 0 Å². The third-order valence-electron chi connectivity index (χ3n) is 2.79. The lowest BCUT2D eigenvalue weighted by molar-refractivity contribution is 0.283. The van der Waals surface area contributed by atoms with Gasteiger partial charge in [0.2, 0.25) is 0 Å². The number of aromatic nitrogens is 1. The molecule has 0 aliphatic carbocycles. The van der Waals surface area contributed by atoms with Gasteiger partial charge in [-0.05, 0) is 44.0 Å². The van der Waals surface area contributed by atoms with Crippen LogP contribution in [-0.4, -0.2) is 36.6 Å². The molecule has 1 rings (SSSR count). The molecule has 0 saturated carbocycles. The molecule has 1 aromatic rings. The quantitative estimate of drug-likeness (QED) is 0.759. The summed E-state index contributed by atoms with van der Waals surface area (Å²) in [4.78, 5) is 6.49. The maximum Gasteiger partial charge on any atom is 0.0300 e. The molecule has 0 radical (unpaired) electrons. The Morgan fingerprint density at radius 1 is 1.50 bits per heavy atom. The van der Waals surface area contributed by atoms with Gasteiger partial charge in [-0.1, -0.05) is 13.0 Å². The Morgan fingerprint density at radius 2 is 2.31 bits per heavy atom. The number of nitrogens with two attached hydrogens (primary N) is 1. The van der Waals surface area contributed by atoms with Gasteiger partial charge in [-0.3, -0.25) is 4.98 Å². The van der Waals surface area contributed by atoms with Crippen LogP contribution in [0.25, 0.3) is 0 Å². The van der Waals surface area contributed by atoms with E-state index < -0.39 is 0 Å². The average molecular weight is 221 g/mol. The molecule has 90 valence electrons. The topological polar surface area (TPSA) is 42.1 Å². The maximum absolute atomic E-state index is 5.54. The van der Waals surface area contributed by atoms with Crippen LogP contribution in [0.4, 0.5) is 0 Å². The zero-order valence-electron chi connectivity index (χ0n) is 10.4. The Morgan fingerprint density at radius 3 is 2.94 bits per heavy atom. The van der Waals surface area contributed by atoms with E-state index in [-0.39, 0.29) is 0 Å². The first-order chi connectivity index (χ1) is 7.72. The van der Waals surface area contributed by atoms with Gasteiger partial charge in [0, 0.05) is 25.5 Å². The Kier molecular flexibility index (Phi) is 6.04. The number of pyridine rings is 1. The molecular weight excluding hydrogens is 198 g/mol. The van der Waals surface area contributed by atoms with Gasteiger partial charge in [0.15, 0.2) is 0 Å². The molecular formula is C13H23N3. The van der Waals surface area contributed by atoms with E-state index in [2.05, 4.69) is 29.9 Å². The van der Waals surface area contributed by atoms with Crippen molar-refractivity contribution in [3.8, 4) is 0 Å². The Bertz CT molecular complexity index is 274. The lowest BCUT2D eigenvalue weighted by atomic mass is 10.1. The molecule has 0 aromatic carbocycles. The molecule has 1 heterocycles. The first-order valence-corrected chi connectivity index (χ1v) is 6.00. The highest BCUT2D eigenvalue weighted by Gasteiger charge is 2.05. The summed E-state index contributed by atoms with van der Waals surface area (Å²) >= 11 is 0. The van der Waals surface area contributed by atoms with E-state index in [1.54, 1.807) is 0 Å². The van der Waals surface area contributed by atoms with E-state index in [1.165, 1.54) is 5.56 Å². The second kappa shape index (κ2) is 7.36. The monoisotopic (exact) mass is 221 g/mol. The molecule has 3 heteroatoms. The fraction of sp³-hybridized carbons (Fsp3) is 0.615. The Hall–Kier alpha value is -0.930. The molecule has 1 unspecified atom stereocenters. The van der Waals surface area contributed by atoms with Crippen molar-refractivity contribution < 1.29 is 0 Å². The van der Waals surface area contributed by atoms with Crippen molar-refractivity contribution in [2.75, 3.05) is 26.7 Å². The van der Waals surface area contributed by atoms with Crippen LogP contribution in [0.1, 0.15) is 18.9 Å². The highest BCUT2D eigenvalue weighted by atomic mass is 15.1. The van der Waals surface area contributed by atoms with Crippen LogP contribution in [0.5, 0.6) is 0 Å². The summed E-state index contributed by atoms with van der Waals surface area (Å²) in [7, 11) is 2.17. The van der Waals surface area contributed by atoms with Crippen LogP contribution in [0, 0.1) is 5.92 Å². The molecule has 0 bridgehead atoms. The SMILES string of the molecule is CC(CCN)CN(C)CCc1cccnc1. The average Bonchev–Trinajstić information content (AvgIpc) is 2.28. The van der Waals surface area contributed by atoms with Crippen molar-refractivity contribution in [1.82, 2.24) is 9.88 Å². The van der Waals surface area contributed by atoms with Gasteiger partial charge in [-0.2, -0.15) is 0 Å². The fourth-order valence-electron chi connectivity index (χ4n) is 1.87. The molecule has 0 aliphatic heterocycles. The van der Waals surface area contributed by atoms with Crippen molar-refractivity contribution >= 4 is 0 Å². The smallest absolute Gasteiger partial charge is 0.0300 e. The number of nitrogens with zero attached hydrogens (tertiary/aromatic N) is 2. The summed E-state index contributed by atoms with van der Waals surface area (Å²) in [6, 6.07) is 4.12. The number of hydrogen-bond donors (Lipinski definition) is 1. The standard InChI is InChI=1S/C13H23N3/c1-12(5-7-14)11-16(2)9-6-13-4-3-8-15-10-13/h3-4,8,10,12H,5-7,9,11,14H2,1-2H3. The van der Waals surface area contributed by atoms with Gasteiger partial charge >= 0.3 is 0 Å². The van der Waals surface area contributed by atoms with Gasteiger partial charge in [0.1, 0.15) is 0 Å². The molecule has 0 amide bonds. The van der Waals surface area contributed by atoms with E-state index in [4.69, 9.17) is 5.73 Å². The normalized spacial score (nSPS) is 13.0. The first kappa shape index (κ1) is 13.1. The van der Waals surface area contributed by atoms with Crippen molar-refractivity contribution in [1.29, 1.82) is 0 Å². The molecule has 16 heavy (non-hydrogen) atoms. The highest BCUT2D eigenvalue weighted by Crippen LogP contribution is 2.04. The maximum atomic E-state index is 5.54. The predicted molar refractivity (Wildman–Crippen MR) is 68.3 cm³/mol. The van der Waals surface area contributed by atoms with Crippen molar-refractivity contribution in [3.63, 3.8) is 0 Å². The van der Waals surface area contributed by atoms with Gasteiger partial charge in [-0.25, -0.2) is 0 Å². The van der Waals surface area contributed by atoms with Crippen molar-refractivity contribution in [2.45, 2.75) is 19.8 Å². The van der Waals surface area contributed by atoms with Crippen LogP contribution in [0.3, 0.4) is 0 Å². The highest BCUT2D eigenvalue weighted by molar-refractivity contribution is 5.08. The van der Waals surface area contributed by atoms with Crippen LogP contribution >= 0.6 is 0 Å². The zero-order valence-corrected chi connectivity index (χ0v) is 10.4. The third kappa shape index (κ3) is 5.24. The molecule has 1 atom stereocenters. The third-order valence-corrected chi connectivity index (χ3v) is 2.79. The summed E-state index contributed by atoms with van der Waals surface area (Å²) < 4.78 is 0. The molecule has 1 aromatic heterocycles.